The van der Waals surface area contributed by atoms with Gasteiger partial charge < -0.3 is 5.73 Å². The maximum atomic E-state index is 5.79. The molecule has 1 saturated carbocycles. The van der Waals surface area contributed by atoms with E-state index in [1.807, 2.05) is 6.20 Å². The van der Waals surface area contributed by atoms with Crippen LogP contribution >= 0.6 is 0 Å². The summed E-state index contributed by atoms with van der Waals surface area (Å²) in [6.45, 7) is 2.13. The van der Waals surface area contributed by atoms with Crippen molar-refractivity contribution in [2.45, 2.75) is 44.9 Å². The highest BCUT2D eigenvalue weighted by Gasteiger charge is 2.17. The Balaban J connectivity index is 2.25. The van der Waals surface area contributed by atoms with Gasteiger partial charge in [0.05, 0.1) is 0 Å². The van der Waals surface area contributed by atoms with Gasteiger partial charge in [-0.1, -0.05) is 25.8 Å². The molecule has 1 aromatic rings. The van der Waals surface area contributed by atoms with Crippen molar-refractivity contribution in [3.05, 3.63) is 23.4 Å². The van der Waals surface area contributed by atoms with Gasteiger partial charge in [0.2, 0.25) is 0 Å². The quantitative estimate of drug-likeness (QED) is 0.778. The molecule has 0 saturated heterocycles. The minimum Gasteiger partial charge on any atom is -0.383 e. The zero-order valence-electron chi connectivity index (χ0n) is 8.79. The second kappa shape index (κ2) is 3.99. The largest absolute Gasteiger partial charge is 0.383 e. The van der Waals surface area contributed by atoms with E-state index in [-0.39, 0.29) is 0 Å². The summed E-state index contributed by atoms with van der Waals surface area (Å²) in [6.07, 6.45) is 8.35. The van der Waals surface area contributed by atoms with Gasteiger partial charge in [-0.3, -0.25) is 0 Å². The van der Waals surface area contributed by atoms with Crippen LogP contribution in [0, 0.1) is 0 Å². The predicted octanol–water partition coefficient (Wildman–Crippen LogP) is 2.88. The first-order valence-electron chi connectivity index (χ1n) is 5.55. The third-order valence-electron chi connectivity index (χ3n) is 3.23. The Morgan fingerprint density at radius 1 is 1.43 bits per heavy atom. The molecule has 1 aromatic heterocycles. The van der Waals surface area contributed by atoms with Crippen molar-refractivity contribution in [1.29, 1.82) is 0 Å². The first-order valence-corrected chi connectivity index (χ1v) is 5.55. The molecule has 1 aliphatic carbocycles. The normalized spacial score (nSPS) is 17.5. The monoisotopic (exact) mass is 190 g/mol. The lowest BCUT2D eigenvalue weighted by molar-refractivity contribution is 0.718. The Bertz CT molecular complexity index is 314. The highest BCUT2D eigenvalue weighted by molar-refractivity contribution is 5.41. The van der Waals surface area contributed by atoms with Crippen molar-refractivity contribution in [3.8, 4) is 0 Å². The van der Waals surface area contributed by atoms with Gasteiger partial charge in [0.15, 0.2) is 0 Å². The summed E-state index contributed by atoms with van der Waals surface area (Å²) in [4.78, 5) is 4.27. The van der Waals surface area contributed by atoms with Gasteiger partial charge in [-0.15, -0.1) is 0 Å². The molecule has 2 rings (SSSR count). The van der Waals surface area contributed by atoms with Crippen LogP contribution in [0.1, 0.15) is 49.7 Å². The van der Waals surface area contributed by atoms with Gasteiger partial charge in [-0.25, -0.2) is 4.98 Å². The first-order chi connectivity index (χ1) is 6.81. The van der Waals surface area contributed by atoms with E-state index in [0.29, 0.717) is 5.82 Å². The summed E-state index contributed by atoms with van der Waals surface area (Å²) in [7, 11) is 0. The average molecular weight is 190 g/mol. The summed E-state index contributed by atoms with van der Waals surface area (Å²) in [5, 5.41) is 0. The van der Waals surface area contributed by atoms with Gasteiger partial charge in [-0.05, 0) is 36.3 Å². The Morgan fingerprint density at radius 3 is 2.79 bits per heavy atom. The fraction of sp³-hybridized carbons (Fsp3) is 0.583. The summed E-state index contributed by atoms with van der Waals surface area (Å²) in [6, 6.07) is 2.25. The second-order valence-electron chi connectivity index (χ2n) is 4.15. The lowest BCUT2D eigenvalue weighted by Crippen LogP contribution is -2.01. The van der Waals surface area contributed by atoms with Crippen LogP contribution in [0.25, 0.3) is 0 Å². The highest BCUT2D eigenvalue weighted by Crippen LogP contribution is 2.34. The smallest absolute Gasteiger partial charge is 0.126 e. The highest BCUT2D eigenvalue weighted by atomic mass is 14.8. The molecule has 76 valence electrons. The third-order valence-corrected chi connectivity index (χ3v) is 3.23. The van der Waals surface area contributed by atoms with E-state index in [2.05, 4.69) is 18.0 Å². The molecule has 0 aliphatic heterocycles. The summed E-state index contributed by atoms with van der Waals surface area (Å²) < 4.78 is 0. The van der Waals surface area contributed by atoms with E-state index in [1.54, 1.807) is 0 Å². The summed E-state index contributed by atoms with van der Waals surface area (Å²) >= 11 is 0. The van der Waals surface area contributed by atoms with E-state index >= 15 is 0 Å². The van der Waals surface area contributed by atoms with Crippen LogP contribution in [-0.2, 0) is 6.42 Å². The number of rotatable bonds is 2. The molecule has 2 N–H and O–H groups in total. The van der Waals surface area contributed by atoms with Gasteiger partial charge >= 0.3 is 0 Å². The van der Waals surface area contributed by atoms with E-state index in [1.165, 1.54) is 36.8 Å². The van der Waals surface area contributed by atoms with Crippen molar-refractivity contribution in [3.63, 3.8) is 0 Å². The fourth-order valence-electron chi connectivity index (χ4n) is 2.30. The molecule has 0 radical (unpaired) electrons. The maximum absolute atomic E-state index is 5.79. The topological polar surface area (TPSA) is 38.9 Å². The molecule has 14 heavy (non-hydrogen) atoms. The zero-order valence-corrected chi connectivity index (χ0v) is 8.79. The number of nitrogens with two attached hydrogens (primary N) is 1. The van der Waals surface area contributed by atoms with Crippen LogP contribution in [0.2, 0.25) is 0 Å². The van der Waals surface area contributed by atoms with Crippen LogP contribution in [-0.4, -0.2) is 4.98 Å². The maximum Gasteiger partial charge on any atom is 0.126 e. The number of anilines is 1. The number of hydrogen-bond acceptors (Lipinski definition) is 2. The molecule has 1 fully saturated rings. The van der Waals surface area contributed by atoms with Crippen molar-refractivity contribution < 1.29 is 0 Å². The molecule has 1 aliphatic rings. The number of aryl methyl sites for hydroxylation is 1. The SMILES string of the molecule is CCc1cc(C2CCCC2)cnc1N. The van der Waals surface area contributed by atoms with Crippen molar-refractivity contribution in [2.75, 3.05) is 5.73 Å². The lowest BCUT2D eigenvalue weighted by Gasteiger charge is -2.11. The molecule has 1 heterocycles. The Morgan fingerprint density at radius 2 is 2.14 bits per heavy atom. The van der Waals surface area contributed by atoms with E-state index in [9.17, 15) is 0 Å². The molecule has 0 amide bonds. The molecular weight excluding hydrogens is 172 g/mol. The molecule has 0 aromatic carbocycles. The van der Waals surface area contributed by atoms with Gasteiger partial charge in [-0.2, -0.15) is 0 Å². The van der Waals surface area contributed by atoms with Crippen molar-refractivity contribution in [2.24, 2.45) is 0 Å². The fourth-order valence-corrected chi connectivity index (χ4v) is 2.30. The minimum absolute atomic E-state index is 0.703. The van der Waals surface area contributed by atoms with Crippen LogP contribution in [0.3, 0.4) is 0 Å². The summed E-state index contributed by atoms with van der Waals surface area (Å²) in [5.41, 5.74) is 8.39. The van der Waals surface area contributed by atoms with Crippen molar-refractivity contribution >= 4 is 5.82 Å². The minimum atomic E-state index is 0.703. The van der Waals surface area contributed by atoms with Gasteiger partial charge in [0.1, 0.15) is 5.82 Å². The second-order valence-corrected chi connectivity index (χ2v) is 4.15. The number of nitrogen functional groups attached to an aromatic ring is 1. The van der Waals surface area contributed by atoms with E-state index in [0.717, 1.165) is 12.3 Å². The number of aromatic nitrogens is 1. The molecule has 2 heteroatoms. The predicted molar refractivity (Wildman–Crippen MR) is 59.2 cm³/mol. The van der Waals surface area contributed by atoms with E-state index < -0.39 is 0 Å². The van der Waals surface area contributed by atoms with Crippen LogP contribution < -0.4 is 5.73 Å². The average Bonchev–Trinajstić information content (AvgIpc) is 2.71. The number of pyridine rings is 1. The Kier molecular flexibility index (Phi) is 2.71. The standard InChI is InChI=1S/C12H18N2/c1-2-9-7-11(8-14-12(9)13)10-5-3-4-6-10/h7-8,10H,2-6H2,1H3,(H2,13,14). The van der Waals surface area contributed by atoms with Crippen LogP contribution in [0.5, 0.6) is 0 Å². The molecule has 0 spiro atoms. The number of nitrogens with zero attached hydrogens (tertiary/aromatic N) is 1. The Hall–Kier alpha value is -1.05. The summed E-state index contributed by atoms with van der Waals surface area (Å²) in [5.74, 6) is 1.45. The Labute approximate surface area is 85.5 Å². The zero-order chi connectivity index (χ0) is 9.97. The number of hydrogen-bond donors (Lipinski definition) is 1. The van der Waals surface area contributed by atoms with Crippen LogP contribution in [0.4, 0.5) is 5.82 Å². The third kappa shape index (κ3) is 1.74. The van der Waals surface area contributed by atoms with Crippen LogP contribution in [0.15, 0.2) is 12.3 Å². The molecule has 0 unspecified atom stereocenters. The van der Waals surface area contributed by atoms with Gasteiger partial charge in [0, 0.05) is 6.20 Å². The van der Waals surface area contributed by atoms with Gasteiger partial charge in [0.25, 0.3) is 0 Å². The lowest BCUT2D eigenvalue weighted by atomic mass is 9.97. The molecule has 0 bridgehead atoms. The molecule has 2 nitrogen and oxygen atoms in total. The molecule has 0 atom stereocenters. The molecular formula is C12H18N2. The van der Waals surface area contributed by atoms with Crippen molar-refractivity contribution in [1.82, 2.24) is 4.98 Å². The first kappa shape index (κ1) is 9.50. The van der Waals surface area contributed by atoms with E-state index in [4.69, 9.17) is 5.73 Å².